The summed E-state index contributed by atoms with van der Waals surface area (Å²) in [5, 5.41) is 12.3. The van der Waals surface area contributed by atoms with Gasteiger partial charge in [-0.1, -0.05) is 6.07 Å². The lowest BCUT2D eigenvalue weighted by Gasteiger charge is -2.27. The van der Waals surface area contributed by atoms with Gasteiger partial charge in [0.15, 0.2) is 0 Å². The molecule has 0 spiro atoms. The Labute approximate surface area is 103 Å². The highest BCUT2D eigenvalue weighted by Gasteiger charge is 2.19. The highest BCUT2D eigenvalue weighted by atomic mass is 79.9. The van der Waals surface area contributed by atoms with Crippen LogP contribution in [0.15, 0.2) is 27.6 Å². The molecule has 0 aromatic heterocycles. The van der Waals surface area contributed by atoms with Gasteiger partial charge in [0.1, 0.15) is 0 Å². The fraction of sp³-hybridized carbons (Fsp3) is 0.455. The third-order valence-electron chi connectivity index (χ3n) is 2.47. The van der Waals surface area contributed by atoms with Gasteiger partial charge in [0.05, 0.1) is 5.69 Å². The summed E-state index contributed by atoms with van der Waals surface area (Å²) in [7, 11) is 0. The minimum Gasteiger partial charge on any atom is -0.396 e. The van der Waals surface area contributed by atoms with Crippen LogP contribution in [0.25, 0.3) is 0 Å². The highest BCUT2D eigenvalue weighted by molar-refractivity contribution is 9.10. The van der Waals surface area contributed by atoms with E-state index in [4.69, 9.17) is 5.11 Å². The van der Waals surface area contributed by atoms with Crippen molar-refractivity contribution in [3.8, 4) is 0 Å². The fourth-order valence-electron chi connectivity index (χ4n) is 1.69. The summed E-state index contributed by atoms with van der Waals surface area (Å²) in [6.45, 7) is 0.283. The van der Waals surface area contributed by atoms with Crippen molar-refractivity contribution < 1.29 is 5.11 Å². The van der Waals surface area contributed by atoms with Gasteiger partial charge in [-0.2, -0.15) is 0 Å². The van der Waals surface area contributed by atoms with Crippen molar-refractivity contribution in [2.24, 2.45) is 0 Å². The summed E-state index contributed by atoms with van der Waals surface area (Å²) in [6.07, 6.45) is 1.91. The molecule has 1 unspecified atom stereocenters. The number of aliphatic hydroxyl groups excluding tert-OH is 1. The number of anilines is 1. The smallest absolute Gasteiger partial charge is 0.0625 e. The normalized spacial score (nSPS) is 19.5. The van der Waals surface area contributed by atoms with Crippen LogP contribution < -0.4 is 5.32 Å². The molecule has 0 radical (unpaired) electrons. The molecule has 0 saturated heterocycles. The number of rotatable bonds is 3. The Morgan fingerprint density at radius 3 is 3.20 bits per heavy atom. The van der Waals surface area contributed by atoms with E-state index in [1.165, 1.54) is 10.6 Å². The van der Waals surface area contributed by atoms with Crippen LogP contribution in [0.3, 0.4) is 0 Å². The zero-order valence-electron chi connectivity index (χ0n) is 8.37. The molecule has 1 aliphatic rings. The number of halogens is 1. The Morgan fingerprint density at radius 1 is 1.53 bits per heavy atom. The first-order chi connectivity index (χ1) is 7.31. The second-order valence-electron chi connectivity index (χ2n) is 3.63. The van der Waals surface area contributed by atoms with E-state index in [9.17, 15) is 0 Å². The number of fused-ring (bicyclic) bond motifs is 1. The number of hydrogen-bond donors (Lipinski definition) is 2. The Kier molecular flexibility index (Phi) is 3.94. The summed E-state index contributed by atoms with van der Waals surface area (Å²) < 4.78 is 1.13. The van der Waals surface area contributed by atoms with Crippen LogP contribution in [0.4, 0.5) is 5.69 Å². The summed E-state index contributed by atoms with van der Waals surface area (Å²) in [5.74, 6) is 1.09. The lowest BCUT2D eigenvalue weighted by molar-refractivity contribution is 0.282. The van der Waals surface area contributed by atoms with E-state index >= 15 is 0 Å². The lowest BCUT2D eigenvalue weighted by atomic mass is 10.1. The minimum atomic E-state index is 0.283. The van der Waals surface area contributed by atoms with E-state index in [0.717, 1.165) is 23.1 Å². The third-order valence-corrected chi connectivity index (χ3v) is 4.36. The first kappa shape index (κ1) is 11.3. The first-order valence-corrected chi connectivity index (χ1v) is 6.88. The van der Waals surface area contributed by atoms with Gasteiger partial charge < -0.3 is 10.4 Å². The number of para-hydroxylation sites is 1. The maximum Gasteiger partial charge on any atom is 0.0625 e. The van der Waals surface area contributed by atoms with Crippen molar-refractivity contribution in [2.75, 3.05) is 17.7 Å². The monoisotopic (exact) mass is 287 g/mol. The van der Waals surface area contributed by atoms with Gasteiger partial charge in [-0.25, -0.2) is 0 Å². The zero-order valence-corrected chi connectivity index (χ0v) is 10.8. The van der Waals surface area contributed by atoms with E-state index in [-0.39, 0.29) is 6.61 Å². The number of benzene rings is 1. The number of nitrogens with one attached hydrogen (secondary N) is 1. The van der Waals surface area contributed by atoms with Crippen molar-refractivity contribution >= 4 is 33.4 Å². The molecule has 0 bridgehead atoms. The van der Waals surface area contributed by atoms with Crippen LogP contribution in [-0.4, -0.2) is 23.5 Å². The van der Waals surface area contributed by atoms with E-state index in [1.807, 2.05) is 11.8 Å². The van der Waals surface area contributed by atoms with Crippen molar-refractivity contribution in [1.29, 1.82) is 0 Å². The zero-order chi connectivity index (χ0) is 10.7. The van der Waals surface area contributed by atoms with Gasteiger partial charge in [0.2, 0.25) is 0 Å². The number of thioether (sulfide) groups is 1. The minimum absolute atomic E-state index is 0.283. The molecular formula is C11H14BrNOS. The van der Waals surface area contributed by atoms with Gasteiger partial charge in [0, 0.05) is 27.8 Å². The SMILES string of the molecule is OCCCC1CSc2cccc(Br)c2N1. The van der Waals surface area contributed by atoms with Gasteiger partial charge >= 0.3 is 0 Å². The largest absolute Gasteiger partial charge is 0.396 e. The quantitative estimate of drug-likeness (QED) is 0.896. The first-order valence-electron chi connectivity index (χ1n) is 5.10. The molecule has 2 nitrogen and oxygen atoms in total. The van der Waals surface area contributed by atoms with Crippen molar-refractivity contribution in [3.63, 3.8) is 0 Å². The molecule has 0 fully saturated rings. The van der Waals surface area contributed by atoms with Gasteiger partial charge in [-0.3, -0.25) is 0 Å². The average Bonchev–Trinajstić information content (AvgIpc) is 2.27. The molecule has 0 aliphatic carbocycles. The van der Waals surface area contributed by atoms with E-state index < -0.39 is 0 Å². The summed E-state index contributed by atoms with van der Waals surface area (Å²) in [4.78, 5) is 1.31. The molecule has 1 atom stereocenters. The van der Waals surface area contributed by atoms with Crippen LogP contribution in [0, 0.1) is 0 Å². The molecule has 15 heavy (non-hydrogen) atoms. The van der Waals surface area contributed by atoms with Crippen molar-refractivity contribution in [1.82, 2.24) is 0 Å². The maximum atomic E-state index is 8.80. The lowest BCUT2D eigenvalue weighted by Crippen LogP contribution is -2.26. The van der Waals surface area contributed by atoms with E-state index in [0.29, 0.717) is 6.04 Å². The Balaban J connectivity index is 2.08. The predicted molar refractivity (Wildman–Crippen MR) is 68.6 cm³/mol. The topological polar surface area (TPSA) is 32.3 Å². The van der Waals surface area contributed by atoms with E-state index in [2.05, 4.69) is 39.4 Å². The number of aliphatic hydroxyl groups is 1. The second-order valence-corrected chi connectivity index (χ2v) is 5.55. The highest BCUT2D eigenvalue weighted by Crippen LogP contribution is 2.38. The average molecular weight is 288 g/mol. The second kappa shape index (κ2) is 5.23. The Bertz CT molecular complexity index is 345. The molecule has 2 N–H and O–H groups in total. The predicted octanol–water partition coefficient (Wildman–Crippen LogP) is 3.11. The third kappa shape index (κ3) is 2.68. The molecule has 4 heteroatoms. The van der Waals surface area contributed by atoms with Crippen LogP contribution in [0.1, 0.15) is 12.8 Å². The maximum absolute atomic E-state index is 8.80. The molecule has 1 aromatic carbocycles. The van der Waals surface area contributed by atoms with Crippen LogP contribution in [0.2, 0.25) is 0 Å². The molecule has 1 heterocycles. The Morgan fingerprint density at radius 2 is 2.40 bits per heavy atom. The Hall–Kier alpha value is -0.190. The molecule has 2 rings (SSSR count). The van der Waals surface area contributed by atoms with Crippen LogP contribution in [0.5, 0.6) is 0 Å². The van der Waals surface area contributed by atoms with Crippen LogP contribution >= 0.6 is 27.7 Å². The van der Waals surface area contributed by atoms with Crippen molar-refractivity contribution in [2.45, 2.75) is 23.8 Å². The summed E-state index contributed by atoms with van der Waals surface area (Å²) >= 11 is 5.44. The van der Waals surface area contributed by atoms with Gasteiger partial charge in [-0.05, 0) is 40.9 Å². The summed E-state index contributed by atoms with van der Waals surface area (Å²) in [6, 6.07) is 6.74. The fourth-order valence-corrected chi connectivity index (χ4v) is 3.42. The number of hydrogen-bond acceptors (Lipinski definition) is 3. The molecule has 0 amide bonds. The van der Waals surface area contributed by atoms with Gasteiger partial charge in [-0.15, -0.1) is 11.8 Å². The molecule has 0 saturated carbocycles. The molecule has 1 aromatic rings. The molecular weight excluding hydrogens is 274 g/mol. The van der Waals surface area contributed by atoms with Crippen LogP contribution in [-0.2, 0) is 0 Å². The van der Waals surface area contributed by atoms with Crippen molar-refractivity contribution in [3.05, 3.63) is 22.7 Å². The van der Waals surface area contributed by atoms with Gasteiger partial charge in [0.25, 0.3) is 0 Å². The molecule has 1 aliphatic heterocycles. The molecule has 82 valence electrons. The summed E-state index contributed by atoms with van der Waals surface area (Å²) in [5.41, 5.74) is 1.21. The standard InChI is InChI=1S/C11H14BrNOS/c12-9-4-1-5-10-11(9)13-8(7-15-10)3-2-6-14/h1,4-5,8,13-14H,2-3,6-7H2. The van der Waals surface area contributed by atoms with E-state index in [1.54, 1.807) is 0 Å².